The zero-order valence-corrected chi connectivity index (χ0v) is 13.5. The maximum absolute atomic E-state index is 12.0. The van der Waals surface area contributed by atoms with Crippen LogP contribution in [0.4, 0.5) is 5.69 Å². The highest BCUT2D eigenvalue weighted by atomic mass is 35.5. The number of benzene rings is 1. The van der Waals surface area contributed by atoms with Crippen molar-refractivity contribution < 1.29 is 9.53 Å². The van der Waals surface area contributed by atoms with Crippen molar-refractivity contribution in [2.75, 3.05) is 18.5 Å². The highest BCUT2D eigenvalue weighted by Gasteiger charge is 2.48. The summed E-state index contributed by atoms with van der Waals surface area (Å²) in [6, 6.07) is 7.52. The minimum absolute atomic E-state index is 0.0562. The van der Waals surface area contributed by atoms with Crippen molar-refractivity contribution in [1.82, 2.24) is 5.32 Å². The standard InChI is InChI=1S/C16H23ClN2O2/c1-4-21-14-9-13(16(14,2)3)18-10-15(20)19-12-8-6-5-7-11(12)17/h5-8,13-14,18H,4,9-10H2,1-3H3,(H,19,20). The fourth-order valence-electron chi connectivity index (χ4n) is 2.69. The van der Waals surface area contributed by atoms with E-state index in [2.05, 4.69) is 24.5 Å². The van der Waals surface area contributed by atoms with Gasteiger partial charge in [-0.1, -0.05) is 37.6 Å². The van der Waals surface area contributed by atoms with Crippen LogP contribution in [0.25, 0.3) is 0 Å². The molecule has 5 heteroatoms. The Hall–Kier alpha value is -1.10. The van der Waals surface area contributed by atoms with Gasteiger partial charge < -0.3 is 15.4 Å². The minimum Gasteiger partial charge on any atom is -0.378 e. The van der Waals surface area contributed by atoms with Gasteiger partial charge in [0.25, 0.3) is 0 Å². The molecule has 2 unspecified atom stereocenters. The predicted molar refractivity (Wildman–Crippen MR) is 85.7 cm³/mol. The average Bonchev–Trinajstić information content (AvgIpc) is 2.44. The Balaban J connectivity index is 1.79. The highest BCUT2D eigenvalue weighted by Crippen LogP contribution is 2.42. The maximum atomic E-state index is 12.0. The molecule has 21 heavy (non-hydrogen) atoms. The number of carbonyl (C=O) groups excluding carboxylic acids is 1. The smallest absolute Gasteiger partial charge is 0.238 e. The van der Waals surface area contributed by atoms with Gasteiger partial charge in [0.15, 0.2) is 0 Å². The molecule has 0 bridgehead atoms. The minimum atomic E-state index is -0.0845. The first-order chi connectivity index (χ1) is 9.95. The number of rotatable bonds is 6. The van der Waals surface area contributed by atoms with E-state index in [1.54, 1.807) is 12.1 Å². The number of ether oxygens (including phenoxy) is 1. The van der Waals surface area contributed by atoms with E-state index in [-0.39, 0.29) is 24.0 Å². The Morgan fingerprint density at radius 3 is 2.76 bits per heavy atom. The van der Waals surface area contributed by atoms with Gasteiger partial charge in [-0.3, -0.25) is 4.79 Å². The van der Waals surface area contributed by atoms with E-state index in [0.717, 1.165) is 13.0 Å². The lowest BCUT2D eigenvalue weighted by atomic mass is 9.64. The molecule has 2 atom stereocenters. The number of hydrogen-bond acceptors (Lipinski definition) is 3. The van der Waals surface area contributed by atoms with E-state index >= 15 is 0 Å². The molecular weight excluding hydrogens is 288 g/mol. The van der Waals surface area contributed by atoms with Crippen molar-refractivity contribution in [1.29, 1.82) is 0 Å². The van der Waals surface area contributed by atoms with E-state index in [4.69, 9.17) is 16.3 Å². The van der Waals surface area contributed by atoms with Gasteiger partial charge in [-0.15, -0.1) is 0 Å². The van der Waals surface area contributed by atoms with Crippen LogP contribution < -0.4 is 10.6 Å². The van der Waals surface area contributed by atoms with Gasteiger partial charge in [0.1, 0.15) is 0 Å². The van der Waals surface area contributed by atoms with Crippen LogP contribution >= 0.6 is 11.6 Å². The van der Waals surface area contributed by atoms with E-state index in [9.17, 15) is 4.79 Å². The molecule has 1 aliphatic rings. The molecule has 1 fully saturated rings. The normalized spacial score (nSPS) is 23.4. The lowest BCUT2D eigenvalue weighted by Crippen LogP contribution is -2.61. The van der Waals surface area contributed by atoms with E-state index < -0.39 is 0 Å². The molecule has 0 radical (unpaired) electrons. The summed E-state index contributed by atoms with van der Waals surface area (Å²) in [6.45, 7) is 7.35. The Morgan fingerprint density at radius 2 is 2.14 bits per heavy atom. The third kappa shape index (κ3) is 3.76. The largest absolute Gasteiger partial charge is 0.378 e. The monoisotopic (exact) mass is 310 g/mol. The quantitative estimate of drug-likeness (QED) is 0.849. The van der Waals surface area contributed by atoms with Crippen molar-refractivity contribution in [3.8, 4) is 0 Å². The molecule has 1 saturated carbocycles. The Kier molecular flexibility index (Phi) is 5.25. The highest BCUT2D eigenvalue weighted by molar-refractivity contribution is 6.33. The lowest BCUT2D eigenvalue weighted by Gasteiger charge is -2.51. The van der Waals surface area contributed by atoms with Crippen LogP contribution in [-0.4, -0.2) is 31.2 Å². The summed E-state index contributed by atoms with van der Waals surface area (Å²) in [5.74, 6) is -0.0845. The molecule has 0 spiro atoms. The SMILES string of the molecule is CCOC1CC(NCC(=O)Nc2ccccc2Cl)C1(C)C. The summed E-state index contributed by atoms with van der Waals surface area (Å²) in [6.07, 6.45) is 1.21. The first-order valence-corrected chi connectivity index (χ1v) is 7.72. The van der Waals surface area contributed by atoms with Crippen LogP contribution in [0, 0.1) is 5.41 Å². The molecule has 116 valence electrons. The second-order valence-electron chi connectivity index (χ2n) is 5.96. The fraction of sp³-hybridized carbons (Fsp3) is 0.562. The van der Waals surface area contributed by atoms with Gasteiger partial charge in [-0.05, 0) is 25.5 Å². The molecule has 1 aliphatic carbocycles. The summed E-state index contributed by atoms with van der Waals surface area (Å²) in [5, 5.41) is 6.66. The first-order valence-electron chi connectivity index (χ1n) is 7.34. The van der Waals surface area contributed by atoms with Crippen molar-refractivity contribution in [2.24, 2.45) is 5.41 Å². The van der Waals surface area contributed by atoms with Crippen LogP contribution in [0.1, 0.15) is 27.2 Å². The summed E-state index contributed by atoms with van der Waals surface area (Å²) in [5.41, 5.74) is 0.701. The average molecular weight is 311 g/mol. The third-order valence-corrected chi connectivity index (χ3v) is 4.53. The van der Waals surface area contributed by atoms with Crippen LogP contribution in [-0.2, 0) is 9.53 Å². The summed E-state index contributed by atoms with van der Waals surface area (Å²) in [7, 11) is 0. The summed E-state index contributed by atoms with van der Waals surface area (Å²) < 4.78 is 5.68. The molecule has 2 rings (SSSR count). The molecule has 4 nitrogen and oxygen atoms in total. The Morgan fingerprint density at radius 1 is 1.43 bits per heavy atom. The number of carbonyl (C=O) groups is 1. The van der Waals surface area contributed by atoms with Crippen LogP contribution in [0.3, 0.4) is 0 Å². The number of hydrogen-bond donors (Lipinski definition) is 2. The van der Waals surface area contributed by atoms with Crippen molar-refractivity contribution in [3.05, 3.63) is 29.3 Å². The molecule has 0 saturated heterocycles. The van der Waals surface area contributed by atoms with Crippen LogP contribution in [0.2, 0.25) is 5.02 Å². The van der Waals surface area contributed by atoms with Crippen molar-refractivity contribution >= 4 is 23.2 Å². The molecule has 0 heterocycles. The lowest BCUT2D eigenvalue weighted by molar-refractivity contribution is -0.123. The molecule has 1 aromatic carbocycles. The van der Waals surface area contributed by atoms with E-state index in [1.165, 1.54) is 0 Å². The molecule has 2 N–H and O–H groups in total. The van der Waals surface area contributed by atoms with Crippen LogP contribution in [0.15, 0.2) is 24.3 Å². The third-order valence-electron chi connectivity index (χ3n) is 4.20. The summed E-state index contributed by atoms with van der Waals surface area (Å²) in [4.78, 5) is 12.0. The number of nitrogens with one attached hydrogen (secondary N) is 2. The number of anilines is 1. The number of amides is 1. The van der Waals surface area contributed by atoms with Gasteiger partial charge in [-0.25, -0.2) is 0 Å². The van der Waals surface area contributed by atoms with Gasteiger partial charge in [-0.2, -0.15) is 0 Å². The van der Waals surface area contributed by atoms with Crippen molar-refractivity contribution in [2.45, 2.75) is 39.3 Å². The van der Waals surface area contributed by atoms with Crippen molar-refractivity contribution in [3.63, 3.8) is 0 Å². The Bertz CT molecular complexity index is 505. The van der Waals surface area contributed by atoms with Gasteiger partial charge in [0.2, 0.25) is 5.91 Å². The number of halogens is 1. The zero-order chi connectivity index (χ0) is 15.5. The maximum Gasteiger partial charge on any atom is 0.238 e. The molecule has 1 aromatic rings. The van der Waals surface area contributed by atoms with E-state index in [1.807, 2.05) is 19.1 Å². The fourth-order valence-corrected chi connectivity index (χ4v) is 2.87. The van der Waals surface area contributed by atoms with Gasteiger partial charge >= 0.3 is 0 Å². The molecule has 0 aromatic heterocycles. The zero-order valence-electron chi connectivity index (χ0n) is 12.8. The predicted octanol–water partition coefficient (Wildman–Crippen LogP) is 3.07. The topological polar surface area (TPSA) is 50.4 Å². The van der Waals surface area contributed by atoms with Crippen LogP contribution in [0.5, 0.6) is 0 Å². The first kappa shape index (κ1) is 16.3. The van der Waals surface area contributed by atoms with Gasteiger partial charge in [0, 0.05) is 18.1 Å². The molecular formula is C16H23ClN2O2. The second-order valence-corrected chi connectivity index (χ2v) is 6.37. The second kappa shape index (κ2) is 6.77. The van der Waals surface area contributed by atoms with Gasteiger partial charge in [0.05, 0.1) is 23.4 Å². The molecule has 0 aliphatic heterocycles. The summed E-state index contributed by atoms with van der Waals surface area (Å²) >= 11 is 6.02. The molecule has 1 amide bonds. The number of para-hydroxylation sites is 1. The Labute approximate surface area is 131 Å². The van der Waals surface area contributed by atoms with E-state index in [0.29, 0.717) is 16.8 Å².